The molecule has 0 N–H and O–H groups in total. The number of nitrogens with zero attached hydrogens (tertiary/aromatic N) is 1. The molecule has 0 aliphatic heterocycles. The third-order valence-electron chi connectivity index (χ3n) is 4.48. The second-order valence-corrected chi connectivity index (χ2v) is 9.23. The van der Waals surface area contributed by atoms with E-state index in [1.165, 1.54) is 16.9 Å². The minimum Gasteiger partial charge on any atom is -0.334 e. The van der Waals surface area contributed by atoms with E-state index in [1.807, 2.05) is 0 Å². The largest absolute Gasteiger partial charge is 0.334 e. The molecule has 130 valence electrons. The summed E-state index contributed by atoms with van der Waals surface area (Å²) in [6.45, 7) is 6.81. The molecule has 0 radical (unpaired) electrons. The van der Waals surface area contributed by atoms with Gasteiger partial charge >= 0.3 is 0 Å². The Bertz CT molecular complexity index is 735. The molecule has 3 heteroatoms. The average molecular weight is 461 g/mol. The summed E-state index contributed by atoms with van der Waals surface area (Å²) in [5.41, 5.74) is 4.01. The SMILES string of the molecule is CC(C)(C)C1=CCC(N(c2ccc(Br)cc2)c2ccc(Br)cc2)C=C1. The van der Waals surface area contributed by atoms with E-state index in [4.69, 9.17) is 0 Å². The monoisotopic (exact) mass is 459 g/mol. The molecule has 2 aromatic carbocycles. The van der Waals surface area contributed by atoms with Gasteiger partial charge in [0, 0.05) is 20.3 Å². The van der Waals surface area contributed by atoms with E-state index in [-0.39, 0.29) is 5.41 Å². The summed E-state index contributed by atoms with van der Waals surface area (Å²) in [6.07, 6.45) is 8.02. The van der Waals surface area contributed by atoms with E-state index in [0.717, 1.165) is 15.4 Å². The molecule has 1 nitrogen and oxygen atoms in total. The highest BCUT2D eigenvalue weighted by Crippen LogP contribution is 2.35. The van der Waals surface area contributed by atoms with Gasteiger partial charge in [-0.15, -0.1) is 0 Å². The highest BCUT2D eigenvalue weighted by Gasteiger charge is 2.23. The van der Waals surface area contributed by atoms with Gasteiger partial charge in [0.1, 0.15) is 0 Å². The van der Waals surface area contributed by atoms with E-state index in [0.29, 0.717) is 6.04 Å². The molecule has 0 aromatic heterocycles. The summed E-state index contributed by atoms with van der Waals surface area (Å²) < 4.78 is 2.20. The number of benzene rings is 2. The lowest BCUT2D eigenvalue weighted by molar-refractivity contribution is 0.510. The molecule has 25 heavy (non-hydrogen) atoms. The van der Waals surface area contributed by atoms with Crippen molar-refractivity contribution >= 4 is 43.2 Å². The molecule has 0 amide bonds. The van der Waals surface area contributed by atoms with Crippen LogP contribution in [-0.2, 0) is 0 Å². The highest BCUT2D eigenvalue weighted by molar-refractivity contribution is 9.10. The van der Waals surface area contributed by atoms with Crippen molar-refractivity contribution < 1.29 is 0 Å². The summed E-state index contributed by atoms with van der Waals surface area (Å²) in [6, 6.07) is 17.4. The van der Waals surface area contributed by atoms with Crippen molar-refractivity contribution in [2.24, 2.45) is 5.41 Å². The first kappa shape index (κ1) is 18.5. The van der Waals surface area contributed by atoms with E-state index >= 15 is 0 Å². The average Bonchev–Trinajstić information content (AvgIpc) is 2.58. The minimum atomic E-state index is 0.196. The van der Waals surface area contributed by atoms with Crippen LogP contribution < -0.4 is 4.90 Å². The first-order valence-electron chi connectivity index (χ1n) is 8.54. The predicted molar refractivity (Wildman–Crippen MR) is 116 cm³/mol. The fourth-order valence-corrected chi connectivity index (χ4v) is 3.62. The van der Waals surface area contributed by atoms with Crippen molar-refractivity contribution in [1.29, 1.82) is 0 Å². The number of anilines is 2. The molecule has 0 heterocycles. The number of halogens is 2. The van der Waals surface area contributed by atoms with Crippen molar-refractivity contribution in [1.82, 2.24) is 0 Å². The van der Waals surface area contributed by atoms with Gasteiger partial charge in [0.25, 0.3) is 0 Å². The van der Waals surface area contributed by atoms with Gasteiger partial charge in [-0.25, -0.2) is 0 Å². The van der Waals surface area contributed by atoms with Gasteiger partial charge in [0.05, 0.1) is 6.04 Å². The lowest BCUT2D eigenvalue weighted by Crippen LogP contribution is -2.30. The van der Waals surface area contributed by atoms with Gasteiger partial charge < -0.3 is 4.90 Å². The molecule has 0 saturated heterocycles. The summed E-state index contributed by atoms with van der Waals surface area (Å²) in [7, 11) is 0. The molecular formula is C22H23Br2N. The fraction of sp³-hybridized carbons (Fsp3) is 0.273. The Morgan fingerprint density at radius 1 is 0.840 bits per heavy atom. The minimum absolute atomic E-state index is 0.196. The lowest BCUT2D eigenvalue weighted by atomic mass is 9.82. The molecule has 1 atom stereocenters. The van der Waals surface area contributed by atoms with Crippen LogP contribution >= 0.6 is 31.9 Å². The molecule has 0 spiro atoms. The Morgan fingerprint density at radius 3 is 1.68 bits per heavy atom. The number of allylic oxidation sites excluding steroid dienone is 2. The Balaban J connectivity index is 1.95. The molecule has 3 rings (SSSR count). The van der Waals surface area contributed by atoms with E-state index < -0.39 is 0 Å². The van der Waals surface area contributed by atoms with Gasteiger partial charge in [-0.05, 0) is 65.9 Å². The molecular weight excluding hydrogens is 438 g/mol. The first-order chi connectivity index (χ1) is 11.8. The summed E-state index contributed by atoms with van der Waals surface area (Å²) in [5, 5.41) is 0. The molecule has 0 fully saturated rings. The molecule has 0 saturated carbocycles. The van der Waals surface area contributed by atoms with Crippen LogP contribution in [0.2, 0.25) is 0 Å². The van der Waals surface area contributed by atoms with Gasteiger partial charge in [0.15, 0.2) is 0 Å². The lowest BCUT2D eigenvalue weighted by Gasteiger charge is -2.34. The zero-order valence-electron chi connectivity index (χ0n) is 14.8. The van der Waals surface area contributed by atoms with Crippen LogP contribution in [0.5, 0.6) is 0 Å². The van der Waals surface area contributed by atoms with Crippen LogP contribution in [0.4, 0.5) is 11.4 Å². The number of hydrogen-bond acceptors (Lipinski definition) is 1. The number of rotatable bonds is 3. The van der Waals surface area contributed by atoms with Crippen LogP contribution in [0.1, 0.15) is 27.2 Å². The summed E-state index contributed by atoms with van der Waals surface area (Å²) >= 11 is 7.08. The zero-order chi connectivity index (χ0) is 18.0. The predicted octanol–water partition coefficient (Wildman–Crippen LogP) is 7.65. The van der Waals surface area contributed by atoms with Gasteiger partial charge in [-0.1, -0.05) is 70.9 Å². The topological polar surface area (TPSA) is 3.24 Å². The van der Waals surface area contributed by atoms with Crippen molar-refractivity contribution in [3.05, 3.63) is 81.3 Å². The van der Waals surface area contributed by atoms with Crippen molar-refractivity contribution in [3.63, 3.8) is 0 Å². The quantitative estimate of drug-likeness (QED) is 0.454. The zero-order valence-corrected chi connectivity index (χ0v) is 18.0. The van der Waals surface area contributed by atoms with Crippen molar-refractivity contribution in [2.45, 2.75) is 33.2 Å². The third-order valence-corrected chi connectivity index (χ3v) is 5.54. The van der Waals surface area contributed by atoms with Crippen LogP contribution in [0.25, 0.3) is 0 Å². The third kappa shape index (κ3) is 4.45. The maximum atomic E-state index is 3.54. The van der Waals surface area contributed by atoms with Gasteiger partial charge in [0.2, 0.25) is 0 Å². The van der Waals surface area contributed by atoms with Crippen LogP contribution in [0, 0.1) is 5.41 Å². The van der Waals surface area contributed by atoms with E-state index in [2.05, 4.69) is 124 Å². The Labute approximate surface area is 167 Å². The van der Waals surface area contributed by atoms with E-state index in [9.17, 15) is 0 Å². The second-order valence-electron chi connectivity index (χ2n) is 7.39. The van der Waals surface area contributed by atoms with Crippen molar-refractivity contribution in [3.8, 4) is 0 Å². The fourth-order valence-electron chi connectivity index (χ4n) is 3.09. The van der Waals surface area contributed by atoms with Gasteiger partial charge in [-0.2, -0.15) is 0 Å². The maximum absolute atomic E-state index is 3.54. The maximum Gasteiger partial charge on any atom is 0.0560 e. The number of hydrogen-bond donors (Lipinski definition) is 0. The normalized spacial score (nSPS) is 17.3. The Hall–Kier alpha value is -1.32. The second kappa shape index (κ2) is 7.51. The van der Waals surface area contributed by atoms with E-state index in [1.54, 1.807) is 0 Å². The summed E-state index contributed by atoms with van der Waals surface area (Å²) in [5.74, 6) is 0. The highest BCUT2D eigenvalue weighted by atomic mass is 79.9. The summed E-state index contributed by atoms with van der Waals surface area (Å²) in [4.78, 5) is 2.41. The molecule has 0 bridgehead atoms. The Morgan fingerprint density at radius 2 is 1.32 bits per heavy atom. The molecule has 1 aliphatic carbocycles. The molecule has 1 aliphatic rings. The standard InChI is InChI=1S/C22H23Br2N/c1-22(2,3)16-4-10-19(11-5-16)25(20-12-6-17(23)7-13-20)21-14-8-18(24)9-15-21/h4-10,12-15,19H,11H2,1-3H3. The Kier molecular flexibility index (Phi) is 5.55. The smallest absolute Gasteiger partial charge is 0.0560 e. The van der Waals surface area contributed by atoms with Crippen LogP contribution in [-0.4, -0.2) is 6.04 Å². The van der Waals surface area contributed by atoms with Crippen LogP contribution in [0.15, 0.2) is 81.3 Å². The molecule has 1 unspecified atom stereocenters. The van der Waals surface area contributed by atoms with Crippen LogP contribution in [0.3, 0.4) is 0 Å². The van der Waals surface area contributed by atoms with Crippen molar-refractivity contribution in [2.75, 3.05) is 4.90 Å². The van der Waals surface area contributed by atoms with Gasteiger partial charge in [-0.3, -0.25) is 0 Å². The molecule has 2 aromatic rings. The first-order valence-corrected chi connectivity index (χ1v) is 10.1.